The van der Waals surface area contributed by atoms with Crippen molar-refractivity contribution < 1.29 is 4.74 Å². The van der Waals surface area contributed by atoms with E-state index in [1.165, 1.54) is 32.1 Å². The van der Waals surface area contributed by atoms with E-state index in [4.69, 9.17) is 4.74 Å². The third-order valence-corrected chi connectivity index (χ3v) is 5.99. The van der Waals surface area contributed by atoms with Gasteiger partial charge in [-0.15, -0.1) is 0 Å². The van der Waals surface area contributed by atoms with Gasteiger partial charge in [-0.2, -0.15) is 0 Å². The van der Waals surface area contributed by atoms with Crippen LogP contribution in [0.2, 0.25) is 0 Å². The second-order valence-corrected chi connectivity index (χ2v) is 11.2. The first-order valence-corrected chi connectivity index (χ1v) is 9.89. The standard InChI is InChI=1S/C8H16.C7H14O.C7H14/c1-8(2,3)7-5-4-6-7;1-7(2,3)6-4-8-5-6;1-7(2,3)6-4-5-6/h7H,4-6H2,1-3H3;6H,4-5H2,1-3H3;6H,4-5H2,1-3H3. The molecule has 23 heavy (non-hydrogen) atoms. The van der Waals surface area contributed by atoms with E-state index < -0.39 is 0 Å². The predicted octanol–water partition coefficient (Wildman–Crippen LogP) is 6.95. The van der Waals surface area contributed by atoms with Crippen molar-refractivity contribution in [2.75, 3.05) is 13.2 Å². The second-order valence-electron chi connectivity index (χ2n) is 11.2. The maximum atomic E-state index is 5.06. The fourth-order valence-corrected chi connectivity index (χ4v) is 2.96. The van der Waals surface area contributed by atoms with Crippen LogP contribution in [-0.4, -0.2) is 13.2 Å². The summed E-state index contributed by atoms with van der Waals surface area (Å²) in [7, 11) is 0. The van der Waals surface area contributed by atoms with Crippen LogP contribution >= 0.6 is 0 Å². The Kier molecular flexibility index (Phi) is 7.21. The van der Waals surface area contributed by atoms with E-state index in [0.717, 1.165) is 31.0 Å². The molecule has 3 aliphatic rings. The highest BCUT2D eigenvalue weighted by molar-refractivity contribution is 4.84. The molecule has 0 atom stereocenters. The maximum Gasteiger partial charge on any atom is 0.0521 e. The van der Waals surface area contributed by atoms with Crippen molar-refractivity contribution >= 4 is 0 Å². The van der Waals surface area contributed by atoms with Crippen molar-refractivity contribution in [1.82, 2.24) is 0 Å². The summed E-state index contributed by atoms with van der Waals surface area (Å²) >= 11 is 0. The van der Waals surface area contributed by atoms with E-state index in [-0.39, 0.29) is 0 Å². The van der Waals surface area contributed by atoms with Gasteiger partial charge in [0, 0.05) is 5.92 Å². The van der Waals surface area contributed by atoms with Crippen LogP contribution in [0.5, 0.6) is 0 Å². The van der Waals surface area contributed by atoms with Gasteiger partial charge in [0.2, 0.25) is 0 Å². The number of hydrogen-bond acceptors (Lipinski definition) is 1. The third-order valence-electron chi connectivity index (χ3n) is 5.99. The van der Waals surface area contributed by atoms with Crippen molar-refractivity contribution in [3.8, 4) is 0 Å². The lowest BCUT2D eigenvalue weighted by atomic mass is 9.69. The van der Waals surface area contributed by atoms with E-state index in [0.29, 0.717) is 16.2 Å². The zero-order valence-corrected chi connectivity index (χ0v) is 17.6. The molecule has 2 saturated carbocycles. The van der Waals surface area contributed by atoms with E-state index in [9.17, 15) is 0 Å². The van der Waals surface area contributed by atoms with Gasteiger partial charge in [0.05, 0.1) is 13.2 Å². The van der Waals surface area contributed by atoms with Crippen LogP contribution in [0.3, 0.4) is 0 Å². The first-order chi connectivity index (χ1) is 10.3. The molecular formula is C22H44O. The van der Waals surface area contributed by atoms with Gasteiger partial charge < -0.3 is 4.74 Å². The Morgan fingerprint density at radius 3 is 0.870 bits per heavy atom. The van der Waals surface area contributed by atoms with E-state index in [1.807, 2.05) is 0 Å². The van der Waals surface area contributed by atoms with Gasteiger partial charge in [-0.3, -0.25) is 0 Å². The molecule has 0 spiro atoms. The lowest BCUT2D eigenvalue weighted by Gasteiger charge is -2.37. The van der Waals surface area contributed by atoms with Crippen molar-refractivity contribution in [1.29, 1.82) is 0 Å². The average Bonchev–Trinajstić information content (AvgIpc) is 2.85. The molecule has 1 heteroatoms. The van der Waals surface area contributed by atoms with Crippen molar-refractivity contribution in [3.63, 3.8) is 0 Å². The highest BCUT2D eigenvalue weighted by atomic mass is 16.5. The lowest BCUT2D eigenvalue weighted by molar-refractivity contribution is -0.0821. The lowest BCUT2D eigenvalue weighted by Crippen LogP contribution is -2.37. The fourth-order valence-electron chi connectivity index (χ4n) is 2.96. The molecule has 0 aromatic rings. The van der Waals surface area contributed by atoms with Gasteiger partial charge in [-0.05, 0) is 53.8 Å². The SMILES string of the molecule is CC(C)(C)C1CC1.CC(C)(C)C1CCC1.CC(C)(C)C1COC1. The van der Waals surface area contributed by atoms with E-state index in [2.05, 4.69) is 62.3 Å². The first kappa shape index (κ1) is 21.0. The summed E-state index contributed by atoms with van der Waals surface area (Å²) < 4.78 is 5.06. The van der Waals surface area contributed by atoms with Crippen LogP contribution in [0.4, 0.5) is 0 Å². The summed E-state index contributed by atoms with van der Waals surface area (Å²) in [6.45, 7) is 22.7. The van der Waals surface area contributed by atoms with E-state index >= 15 is 0 Å². The van der Waals surface area contributed by atoms with E-state index in [1.54, 1.807) is 0 Å². The smallest absolute Gasteiger partial charge is 0.0521 e. The van der Waals surface area contributed by atoms with Crippen LogP contribution in [0.25, 0.3) is 0 Å². The zero-order chi connectivity index (χ0) is 17.9. The van der Waals surface area contributed by atoms with Crippen molar-refractivity contribution in [2.24, 2.45) is 34.0 Å². The normalized spacial score (nSPS) is 22.8. The van der Waals surface area contributed by atoms with Gasteiger partial charge in [-0.25, -0.2) is 0 Å². The predicted molar refractivity (Wildman–Crippen MR) is 103 cm³/mol. The number of ether oxygens (including phenoxy) is 1. The highest BCUT2D eigenvalue weighted by Crippen LogP contribution is 2.44. The summed E-state index contributed by atoms with van der Waals surface area (Å²) in [6.07, 6.45) is 7.38. The first-order valence-electron chi connectivity index (χ1n) is 9.89. The summed E-state index contributed by atoms with van der Waals surface area (Å²) in [5.74, 6) is 2.89. The van der Waals surface area contributed by atoms with Crippen molar-refractivity contribution in [2.45, 2.75) is 94.4 Å². The van der Waals surface area contributed by atoms with Crippen LogP contribution < -0.4 is 0 Å². The molecule has 138 valence electrons. The minimum absolute atomic E-state index is 0.470. The topological polar surface area (TPSA) is 9.23 Å². The Bertz CT molecular complexity index is 300. The Morgan fingerprint density at radius 1 is 0.522 bits per heavy atom. The summed E-state index contributed by atoms with van der Waals surface area (Å²) in [6, 6.07) is 0. The molecule has 1 heterocycles. The van der Waals surface area contributed by atoms with Gasteiger partial charge in [0.1, 0.15) is 0 Å². The fraction of sp³-hybridized carbons (Fsp3) is 1.00. The quantitative estimate of drug-likeness (QED) is 0.468. The minimum Gasteiger partial charge on any atom is -0.381 e. The van der Waals surface area contributed by atoms with Gasteiger partial charge in [0.25, 0.3) is 0 Å². The zero-order valence-electron chi connectivity index (χ0n) is 17.6. The van der Waals surface area contributed by atoms with Gasteiger partial charge in [0.15, 0.2) is 0 Å². The monoisotopic (exact) mass is 324 g/mol. The molecular weight excluding hydrogens is 280 g/mol. The van der Waals surface area contributed by atoms with Crippen molar-refractivity contribution in [3.05, 3.63) is 0 Å². The molecule has 0 unspecified atom stereocenters. The Labute approximate surface area is 147 Å². The molecule has 0 amide bonds. The molecule has 2 aliphatic carbocycles. The third kappa shape index (κ3) is 8.05. The average molecular weight is 325 g/mol. The molecule has 0 aromatic carbocycles. The number of hydrogen-bond donors (Lipinski definition) is 0. The summed E-state index contributed by atoms with van der Waals surface area (Å²) in [5, 5.41) is 0. The van der Waals surface area contributed by atoms with Crippen LogP contribution in [0.1, 0.15) is 94.4 Å². The summed E-state index contributed by atoms with van der Waals surface area (Å²) in [5.41, 5.74) is 1.68. The van der Waals surface area contributed by atoms with Crippen LogP contribution in [0.15, 0.2) is 0 Å². The molecule has 3 rings (SSSR count). The highest BCUT2D eigenvalue weighted by Gasteiger charge is 2.33. The Morgan fingerprint density at radius 2 is 0.870 bits per heavy atom. The molecule has 1 saturated heterocycles. The van der Waals surface area contributed by atoms with Crippen LogP contribution in [0, 0.1) is 34.0 Å². The largest absolute Gasteiger partial charge is 0.381 e. The summed E-state index contributed by atoms with van der Waals surface area (Å²) in [4.78, 5) is 0. The molecule has 1 nitrogen and oxygen atoms in total. The van der Waals surface area contributed by atoms with Gasteiger partial charge >= 0.3 is 0 Å². The van der Waals surface area contributed by atoms with Crippen LogP contribution in [-0.2, 0) is 4.74 Å². The molecule has 0 radical (unpaired) electrons. The maximum absolute atomic E-state index is 5.06. The molecule has 3 fully saturated rings. The van der Waals surface area contributed by atoms with Gasteiger partial charge in [-0.1, -0.05) is 68.7 Å². The Balaban J connectivity index is 0.000000173. The Hall–Kier alpha value is -0.0400. The molecule has 0 bridgehead atoms. The molecule has 0 aromatic heterocycles. The molecule has 0 N–H and O–H groups in total. The number of rotatable bonds is 0. The minimum atomic E-state index is 0.470. The second kappa shape index (κ2) is 7.89. The molecule has 1 aliphatic heterocycles.